The van der Waals surface area contributed by atoms with Gasteiger partial charge in [-0.15, -0.1) is 0 Å². The van der Waals surface area contributed by atoms with Crippen molar-refractivity contribution in [3.05, 3.63) is 70.9 Å². The normalized spacial score (nSPS) is 12.8. The number of amides is 3. The minimum Gasteiger partial charge on any atom is -0.352 e. The number of carbonyl (C=O) groups is 2. The molecule has 3 N–H and O–H groups in total. The third-order valence-electron chi connectivity index (χ3n) is 5.23. The van der Waals surface area contributed by atoms with Crippen molar-refractivity contribution in [2.24, 2.45) is 0 Å². The fourth-order valence-electron chi connectivity index (χ4n) is 3.59. The third kappa shape index (κ3) is 4.61. The van der Waals surface area contributed by atoms with E-state index in [1.54, 1.807) is 16.8 Å². The predicted octanol–water partition coefficient (Wildman–Crippen LogP) is 4.42. The fraction of sp³-hybridized carbons (Fsp3) is 0.261. The Kier molecular flexibility index (Phi) is 6.16. The Labute approximate surface area is 183 Å². The molecule has 9 heteroatoms. The molecule has 0 aliphatic carbocycles. The number of benzene rings is 2. The summed E-state index contributed by atoms with van der Waals surface area (Å²) in [5.74, 6) is -1.39. The smallest absolute Gasteiger partial charge is 0.324 e. The van der Waals surface area contributed by atoms with E-state index in [0.717, 1.165) is 49.1 Å². The quantitative estimate of drug-likeness (QED) is 0.531. The van der Waals surface area contributed by atoms with Crippen LogP contribution in [0.15, 0.2) is 42.5 Å². The molecule has 166 valence electrons. The summed E-state index contributed by atoms with van der Waals surface area (Å²) in [5, 5.41) is 12.5. The number of halogens is 2. The Morgan fingerprint density at radius 3 is 2.78 bits per heavy atom. The zero-order chi connectivity index (χ0) is 22.7. The molecule has 2 heterocycles. The van der Waals surface area contributed by atoms with Crippen molar-refractivity contribution in [2.75, 3.05) is 17.2 Å². The number of urea groups is 1. The number of unbranched alkanes of at least 4 members (excludes halogenated alkanes) is 1. The van der Waals surface area contributed by atoms with Gasteiger partial charge in [-0.05, 0) is 49.1 Å². The van der Waals surface area contributed by atoms with Crippen molar-refractivity contribution >= 4 is 23.4 Å². The summed E-state index contributed by atoms with van der Waals surface area (Å²) in [6.45, 7) is 2.67. The van der Waals surface area contributed by atoms with E-state index in [1.807, 2.05) is 12.1 Å². The van der Waals surface area contributed by atoms with Crippen LogP contribution in [0.4, 0.5) is 25.1 Å². The van der Waals surface area contributed by atoms with Crippen LogP contribution in [-0.2, 0) is 12.8 Å². The first-order chi connectivity index (χ1) is 15.4. The number of hydrogen-bond acceptors (Lipinski definition) is 3. The van der Waals surface area contributed by atoms with Gasteiger partial charge in [0.1, 0.15) is 17.5 Å². The van der Waals surface area contributed by atoms with Gasteiger partial charge in [-0.25, -0.2) is 18.3 Å². The van der Waals surface area contributed by atoms with Crippen LogP contribution in [-0.4, -0.2) is 28.3 Å². The van der Waals surface area contributed by atoms with Gasteiger partial charge in [-0.1, -0.05) is 19.4 Å². The molecule has 4 rings (SSSR count). The van der Waals surface area contributed by atoms with Gasteiger partial charge in [-0.3, -0.25) is 10.1 Å². The molecule has 0 radical (unpaired) electrons. The highest BCUT2D eigenvalue weighted by atomic mass is 19.1. The molecule has 0 spiro atoms. The average Bonchev–Trinajstić information content (AvgIpc) is 3.16. The molecule has 7 nitrogen and oxygen atoms in total. The first-order valence-electron chi connectivity index (χ1n) is 10.5. The lowest BCUT2D eigenvalue weighted by atomic mass is 10.00. The number of aromatic nitrogens is 2. The minimum atomic E-state index is -0.877. The molecule has 1 aliphatic rings. The highest BCUT2D eigenvalue weighted by Gasteiger charge is 2.19. The van der Waals surface area contributed by atoms with Crippen LogP contribution in [0.1, 0.15) is 41.4 Å². The van der Waals surface area contributed by atoms with Gasteiger partial charge in [0.2, 0.25) is 0 Å². The highest BCUT2D eigenvalue weighted by molar-refractivity contribution is 6.00. The van der Waals surface area contributed by atoms with Gasteiger partial charge >= 0.3 is 6.03 Å². The SMILES string of the molecule is CCCCc1cc(NC(=O)Nc2ccc(F)cc2F)n(-c2ccc3c(c2)C(=O)NCC3)n1. The summed E-state index contributed by atoms with van der Waals surface area (Å²) in [4.78, 5) is 24.8. The van der Waals surface area contributed by atoms with Gasteiger partial charge in [0.15, 0.2) is 0 Å². The van der Waals surface area contributed by atoms with E-state index >= 15 is 0 Å². The summed E-state index contributed by atoms with van der Waals surface area (Å²) in [6, 6.07) is 9.42. The molecule has 1 aromatic heterocycles. The van der Waals surface area contributed by atoms with Gasteiger partial charge in [-0.2, -0.15) is 5.10 Å². The predicted molar refractivity (Wildman–Crippen MR) is 117 cm³/mol. The molecule has 0 saturated carbocycles. The average molecular weight is 439 g/mol. The lowest BCUT2D eigenvalue weighted by Gasteiger charge is -2.18. The van der Waals surface area contributed by atoms with Crippen LogP contribution >= 0.6 is 0 Å². The first kappa shape index (κ1) is 21.5. The summed E-state index contributed by atoms with van der Waals surface area (Å²) in [5.41, 5.74) is 2.77. The number of carbonyl (C=O) groups excluding carboxylic acids is 2. The Morgan fingerprint density at radius 2 is 2.00 bits per heavy atom. The van der Waals surface area contributed by atoms with Gasteiger partial charge in [0.25, 0.3) is 5.91 Å². The van der Waals surface area contributed by atoms with Crippen molar-refractivity contribution in [3.8, 4) is 5.69 Å². The molecule has 0 fully saturated rings. The van der Waals surface area contributed by atoms with E-state index in [-0.39, 0.29) is 11.6 Å². The summed E-state index contributed by atoms with van der Waals surface area (Å²) >= 11 is 0. The summed E-state index contributed by atoms with van der Waals surface area (Å²) in [7, 11) is 0. The molecule has 0 saturated heterocycles. The van der Waals surface area contributed by atoms with Crippen LogP contribution in [0.25, 0.3) is 5.69 Å². The number of rotatable bonds is 6. The van der Waals surface area contributed by atoms with Crippen LogP contribution in [0.3, 0.4) is 0 Å². The largest absolute Gasteiger partial charge is 0.352 e. The van der Waals surface area contributed by atoms with Crippen LogP contribution in [0.2, 0.25) is 0 Å². The maximum Gasteiger partial charge on any atom is 0.324 e. The lowest BCUT2D eigenvalue weighted by Crippen LogP contribution is -2.31. The second kappa shape index (κ2) is 9.17. The number of aryl methyl sites for hydroxylation is 1. The molecule has 3 amide bonds. The summed E-state index contributed by atoms with van der Waals surface area (Å²) in [6.07, 6.45) is 3.38. The van der Waals surface area contributed by atoms with Crippen LogP contribution in [0.5, 0.6) is 0 Å². The lowest BCUT2D eigenvalue weighted by molar-refractivity contribution is 0.0946. The van der Waals surface area contributed by atoms with Crippen molar-refractivity contribution < 1.29 is 18.4 Å². The van der Waals surface area contributed by atoms with E-state index < -0.39 is 17.7 Å². The highest BCUT2D eigenvalue weighted by Crippen LogP contribution is 2.23. The molecule has 2 aromatic carbocycles. The van der Waals surface area contributed by atoms with Crippen molar-refractivity contribution in [2.45, 2.75) is 32.6 Å². The van der Waals surface area contributed by atoms with E-state index in [2.05, 4.69) is 28.0 Å². The molecule has 0 atom stereocenters. The molecule has 0 unspecified atom stereocenters. The maximum absolute atomic E-state index is 13.9. The second-order valence-electron chi connectivity index (χ2n) is 7.59. The van der Waals surface area contributed by atoms with Crippen LogP contribution < -0.4 is 16.0 Å². The van der Waals surface area contributed by atoms with Crippen molar-refractivity contribution in [3.63, 3.8) is 0 Å². The number of hydrogen-bond donors (Lipinski definition) is 3. The molecule has 0 bridgehead atoms. The van der Waals surface area contributed by atoms with Gasteiger partial charge < -0.3 is 10.6 Å². The Morgan fingerprint density at radius 1 is 1.16 bits per heavy atom. The second-order valence-corrected chi connectivity index (χ2v) is 7.59. The Balaban J connectivity index is 1.63. The zero-order valence-corrected chi connectivity index (χ0v) is 17.5. The topological polar surface area (TPSA) is 88.0 Å². The maximum atomic E-state index is 13.9. The summed E-state index contributed by atoms with van der Waals surface area (Å²) < 4.78 is 28.6. The Bertz CT molecular complexity index is 1180. The van der Waals surface area contributed by atoms with Gasteiger partial charge in [0, 0.05) is 24.2 Å². The number of anilines is 2. The standard InChI is InChI=1S/C23H23F2N5O2/c1-2-3-4-16-12-21(28-23(32)27-20-8-6-15(24)11-19(20)25)30(29-16)17-7-5-14-9-10-26-22(31)18(14)13-17/h5-8,11-13H,2-4,9-10H2,1H3,(H,26,31)(H2,27,28,32). The molecule has 32 heavy (non-hydrogen) atoms. The van der Waals surface area contributed by atoms with Crippen molar-refractivity contribution in [1.82, 2.24) is 15.1 Å². The van der Waals surface area contributed by atoms with E-state index in [4.69, 9.17) is 0 Å². The molecular weight excluding hydrogens is 416 g/mol. The van der Waals surface area contributed by atoms with E-state index in [9.17, 15) is 18.4 Å². The molecular formula is C23H23F2N5O2. The third-order valence-corrected chi connectivity index (χ3v) is 5.23. The number of nitrogens with zero attached hydrogens (tertiary/aromatic N) is 2. The Hall–Kier alpha value is -3.75. The zero-order valence-electron chi connectivity index (χ0n) is 17.5. The minimum absolute atomic E-state index is 0.147. The number of fused-ring (bicyclic) bond motifs is 1. The number of nitrogens with one attached hydrogen (secondary N) is 3. The van der Waals surface area contributed by atoms with E-state index in [0.29, 0.717) is 29.7 Å². The first-order valence-corrected chi connectivity index (χ1v) is 10.5. The van der Waals surface area contributed by atoms with Crippen LogP contribution in [0, 0.1) is 11.6 Å². The fourth-order valence-corrected chi connectivity index (χ4v) is 3.59. The molecule has 1 aliphatic heterocycles. The molecule has 3 aromatic rings. The van der Waals surface area contributed by atoms with Crippen molar-refractivity contribution in [1.29, 1.82) is 0 Å². The van der Waals surface area contributed by atoms with E-state index in [1.165, 1.54) is 0 Å². The monoisotopic (exact) mass is 439 g/mol. The van der Waals surface area contributed by atoms with Gasteiger partial charge in [0.05, 0.1) is 17.1 Å².